The number of nitrogens with zero attached hydrogens (tertiary/aromatic N) is 4. The zero-order valence-electron chi connectivity index (χ0n) is 31.5. The monoisotopic (exact) mass is 734 g/mol. The summed E-state index contributed by atoms with van der Waals surface area (Å²) < 4.78 is 22.1. The molecule has 9 rings (SSSR count). The van der Waals surface area contributed by atoms with Gasteiger partial charge in [0.05, 0.1) is 80.0 Å². The average molecular weight is 735 g/mol. The Labute approximate surface area is 326 Å². The Morgan fingerprint density at radius 3 is 1.38 bits per heavy atom. The second kappa shape index (κ2) is 14.6. The lowest BCUT2D eigenvalue weighted by Gasteiger charge is -2.17. The van der Waals surface area contributed by atoms with Gasteiger partial charge in [0.2, 0.25) is 0 Å². The molecule has 0 aromatic heterocycles. The Bertz CT molecular complexity index is 2590. The first-order valence-corrected chi connectivity index (χ1v) is 18.4. The molecule has 56 heavy (non-hydrogen) atoms. The van der Waals surface area contributed by atoms with Crippen molar-refractivity contribution in [2.45, 2.75) is 12.3 Å². The molecule has 5 aliphatic rings. The van der Waals surface area contributed by atoms with Gasteiger partial charge in [0.15, 0.2) is 0 Å². The Hall–Kier alpha value is -7.06. The van der Waals surface area contributed by atoms with E-state index < -0.39 is 0 Å². The first kappa shape index (κ1) is 34.7. The molecule has 8 nitrogen and oxygen atoms in total. The summed E-state index contributed by atoms with van der Waals surface area (Å²) in [6, 6.07) is 32.4. The fourth-order valence-electron chi connectivity index (χ4n) is 7.62. The van der Waals surface area contributed by atoms with Crippen LogP contribution in [0.1, 0.15) is 34.6 Å². The van der Waals surface area contributed by atoms with Crippen molar-refractivity contribution >= 4 is 39.6 Å². The van der Waals surface area contributed by atoms with E-state index in [1.807, 2.05) is 48.5 Å². The van der Waals surface area contributed by atoms with E-state index in [1.165, 1.54) is 0 Å². The fraction of sp³-hybridized carbons (Fsp3) is 0.125. The Balaban J connectivity index is 1.32. The van der Waals surface area contributed by atoms with Crippen LogP contribution in [0.5, 0.6) is 23.0 Å². The van der Waals surface area contributed by atoms with E-state index in [0.29, 0.717) is 6.42 Å². The van der Waals surface area contributed by atoms with Crippen LogP contribution >= 0.6 is 0 Å². The molecule has 0 spiro atoms. The summed E-state index contributed by atoms with van der Waals surface area (Å²) >= 11 is 0. The number of rotatable bonds is 8. The minimum absolute atomic E-state index is 0.261. The molecule has 8 heteroatoms. The third-order valence-electron chi connectivity index (χ3n) is 10.5. The lowest BCUT2D eigenvalue weighted by Crippen LogP contribution is -2.18. The molecule has 4 aromatic rings. The molecule has 0 saturated heterocycles. The maximum absolute atomic E-state index is 5.53. The van der Waals surface area contributed by atoms with E-state index in [2.05, 4.69) is 91.1 Å². The highest BCUT2D eigenvalue weighted by Crippen LogP contribution is 2.41. The summed E-state index contributed by atoms with van der Waals surface area (Å²) in [5.41, 5.74) is 13.6. The van der Waals surface area contributed by atoms with Crippen molar-refractivity contribution in [2.75, 3.05) is 28.4 Å². The second-order valence-corrected chi connectivity index (χ2v) is 13.6. The van der Waals surface area contributed by atoms with Crippen LogP contribution < -0.4 is 18.9 Å². The topological polar surface area (TPSA) is 86.4 Å². The number of hydrogen-bond acceptors (Lipinski definition) is 8. The van der Waals surface area contributed by atoms with Gasteiger partial charge >= 0.3 is 0 Å². The van der Waals surface area contributed by atoms with Crippen LogP contribution in [0, 0.1) is 0 Å². The molecule has 274 valence electrons. The molecule has 0 amide bonds. The van der Waals surface area contributed by atoms with E-state index in [9.17, 15) is 0 Å². The van der Waals surface area contributed by atoms with Gasteiger partial charge in [0.25, 0.3) is 0 Å². The van der Waals surface area contributed by atoms with E-state index >= 15 is 0 Å². The molecule has 1 unspecified atom stereocenters. The standard InChI is InChI=1S/C48H38N4O4/c1-53-33-13-5-29(6-14-33)45-37-21-23-39(49-37)46(30-7-15-34(54-2)16-8-30)41-25-27-43(51-41)48(32-11-19-36(56-4)20-12-32)44-28-26-42(52-44)47(40-24-22-38(45)50-40)31-9-17-35(55-3)18-10-31/h5-27,46H,28H2,1-4H3. The minimum atomic E-state index is -0.261. The summed E-state index contributed by atoms with van der Waals surface area (Å²) in [7, 11) is 6.70. The van der Waals surface area contributed by atoms with Crippen molar-refractivity contribution < 1.29 is 18.9 Å². The third-order valence-corrected chi connectivity index (χ3v) is 10.5. The molecule has 5 heterocycles. The zero-order chi connectivity index (χ0) is 38.2. The van der Waals surface area contributed by atoms with Gasteiger partial charge < -0.3 is 18.9 Å². The lowest BCUT2D eigenvalue weighted by molar-refractivity contribution is 0.414. The van der Waals surface area contributed by atoms with Gasteiger partial charge in [-0.05, 0) is 107 Å². The van der Waals surface area contributed by atoms with Crippen molar-refractivity contribution in [1.29, 1.82) is 0 Å². The third kappa shape index (κ3) is 6.35. The van der Waals surface area contributed by atoms with Gasteiger partial charge in [0.1, 0.15) is 23.0 Å². The van der Waals surface area contributed by atoms with Crippen LogP contribution in [-0.2, 0) is 0 Å². The normalized spacial score (nSPS) is 18.2. The maximum Gasteiger partial charge on any atom is 0.118 e. The summed E-state index contributed by atoms with van der Waals surface area (Å²) in [5.74, 6) is 2.85. The Morgan fingerprint density at radius 1 is 0.429 bits per heavy atom. The summed E-state index contributed by atoms with van der Waals surface area (Å²) in [6.45, 7) is 0. The molecule has 4 aromatic carbocycles. The molecule has 1 atom stereocenters. The zero-order valence-corrected chi connectivity index (χ0v) is 31.5. The lowest BCUT2D eigenvalue weighted by atomic mass is 9.89. The molecule has 0 radical (unpaired) electrons. The molecule has 0 fully saturated rings. The Kier molecular flexibility index (Phi) is 9.07. The molecule has 5 aliphatic heterocycles. The first-order valence-electron chi connectivity index (χ1n) is 18.4. The summed E-state index contributed by atoms with van der Waals surface area (Å²) in [4.78, 5) is 21.5. The Morgan fingerprint density at radius 2 is 0.857 bits per heavy atom. The number of aliphatic imine (C=N–C) groups is 4. The van der Waals surface area contributed by atoms with E-state index in [1.54, 1.807) is 28.4 Å². The predicted octanol–water partition coefficient (Wildman–Crippen LogP) is 9.81. The maximum atomic E-state index is 5.53. The first-order chi connectivity index (χ1) is 27.5. The molecule has 0 aliphatic carbocycles. The highest BCUT2D eigenvalue weighted by Gasteiger charge is 2.31. The van der Waals surface area contributed by atoms with Crippen LogP contribution in [0.2, 0.25) is 0 Å². The van der Waals surface area contributed by atoms with Crippen molar-refractivity contribution in [3.63, 3.8) is 0 Å². The van der Waals surface area contributed by atoms with E-state index in [0.717, 1.165) is 108 Å². The van der Waals surface area contributed by atoms with Crippen molar-refractivity contribution in [3.05, 3.63) is 185 Å². The molecule has 0 N–H and O–H groups in total. The van der Waals surface area contributed by atoms with Crippen LogP contribution in [0.15, 0.2) is 182 Å². The van der Waals surface area contributed by atoms with Gasteiger partial charge in [0, 0.05) is 23.1 Å². The van der Waals surface area contributed by atoms with Gasteiger partial charge in [-0.2, -0.15) is 0 Å². The summed E-state index contributed by atoms with van der Waals surface area (Å²) in [6.07, 6.45) is 15.3. The number of fused-ring (bicyclic) bond motifs is 4. The van der Waals surface area contributed by atoms with Gasteiger partial charge in [-0.1, -0.05) is 54.6 Å². The fourth-order valence-corrected chi connectivity index (χ4v) is 7.62. The average Bonchev–Trinajstić information content (AvgIpc) is 4.10. The van der Waals surface area contributed by atoms with Crippen molar-refractivity contribution in [2.24, 2.45) is 20.0 Å². The van der Waals surface area contributed by atoms with E-state index in [4.69, 9.17) is 38.9 Å². The SMILES string of the molecule is COc1ccc(C2=C3C=CC(=N3)C(c3ccc(OC)cc3)=C3C=CC(=N3)C(c3ccc(OC)cc3)C3=NC(=C(c4ccc(OC)cc4)C4=NC2=CC4)C=C3)cc1. The number of ether oxygens (including phenoxy) is 4. The molecule has 0 saturated carbocycles. The number of hydrogen-bond donors (Lipinski definition) is 0. The van der Waals surface area contributed by atoms with Crippen LogP contribution in [0.3, 0.4) is 0 Å². The molecule has 8 bridgehead atoms. The van der Waals surface area contributed by atoms with Crippen LogP contribution in [0.4, 0.5) is 0 Å². The molecular weight excluding hydrogens is 697 g/mol. The molecular formula is C48H38N4O4. The second-order valence-electron chi connectivity index (χ2n) is 13.6. The van der Waals surface area contributed by atoms with Gasteiger partial charge in [-0.3, -0.25) is 15.0 Å². The number of methoxy groups -OCH3 is 4. The van der Waals surface area contributed by atoms with Crippen LogP contribution in [0.25, 0.3) is 16.7 Å². The highest BCUT2D eigenvalue weighted by atomic mass is 16.5. The van der Waals surface area contributed by atoms with Crippen LogP contribution in [-0.4, -0.2) is 51.3 Å². The summed E-state index contributed by atoms with van der Waals surface area (Å²) in [5, 5.41) is 0. The smallest absolute Gasteiger partial charge is 0.118 e. The van der Waals surface area contributed by atoms with Gasteiger partial charge in [-0.25, -0.2) is 4.99 Å². The number of benzene rings is 4. The van der Waals surface area contributed by atoms with Crippen molar-refractivity contribution in [1.82, 2.24) is 0 Å². The van der Waals surface area contributed by atoms with Gasteiger partial charge in [-0.15, -0.1) is 0 Å². The van der Waals surface area contributed by atoms with Crippen molar-refractivity contribution in [3.8, 4) is 23.0 Å². The largest absolute Gasteiger partial charge is 0.497 e. The highest BCUT2D eigenvalue weighted by molar-refractivity contribution is 6.34. The predicted molar refractivity (Wildman–Crippen MR) is 225 cm³/mol. The van der Waals surface area contributed by atoms with E-state index in [-0.39, 0.29) is 5.92 Å². The minimum Gasteiger partial charge on any atom is -0.497 e. The quantitative estimate of drug-likeness (QED) is 0.180. The number of allylic oxidation sites excluding steroid dienone is 10.